The molecule has 0 fully saturated rings. The van der Waals surface area contributed by atoms with E-state index in [1.165, 1.54) is 18.1 Å². The molecule has 7 nitrogen and oxygen atoms in total. The molecule has 0 atom stereocenters. The van der Waals surface area contributed by atoms with Gasteiger partial charge >= 0.3 is 5.97 Å². The molecule has 2 amide bonds. The van der Waals surface area contributed by atoms with Crippen LogP contribution in [0.2, 0.25) is 0 Å². The lowest BCUT2D eigenvalue weighted by molar-refractivity contribution is -0.131. The number of amides is 2. The number of nitrogens with zero attached hydrogens (tertiary/aromatic N) is 1. The van der Waals surface area contributed by atoms with Crippen molar-refractivity contribution in [2.75, 3.05) is 34.4 Å². The Morgan fingerprint density at radius 1 is 1.19 bits per heavy atom. The molecule has 7 heteroatoms. The summed E-state index contributed by atoms with van der Waals surface area (Å²) >= 11 is 0. The molecule has 0 saturated carbocycles. The summed E-state index contributed by atoms with van der Waals surface area (Å²) in [5.74, 6) is -0.976. The highest BCUT2D eigenvalue weighted by molar-refractivity contribution is 5.92. The lowest BCUT2D eigenvalue weighted by Crippen LogP contribution is -2.38. The Kier molecular flexibility index (Phi) is 6.19. The first kappa shape index (κ1) is 16.5. The van der Waals surface area contributed by atoms with Gasteiger partial charge in [-0.1, -0.05) is 12.1 Å². The Balaban J connectivity index is 2.54. The van der Waals surface area contributed by atoms with Crippen molar-refractivity contribution in [2.24, 2.45) is 0 Å². The van der Waals surface area contributed by atoms with Gasteiger partial charge in [0.1, 0.15) is 11.3 Å². The van der Waals surface area contributed by atoms with Crippen molar-refractivity contribution in [2.45, 2.75) is 0 Å². The summed E-state index contributed by atoms with van der Waals surface area (Å²) in [5.41, 5.74) is 0.233. The number of para-hydroxylation sites is 1. The summed E-state index contributed by atoms with van der Waals surface area (Å²) in [5, 5.41) is 2.43. The van der Waals surface area contributed by atoms with E-state index in [2.05, 4.69) is 10.1 Å². The summed E-state index contributed by atoms with van der Waals surface area (Å²) in [4.78, 5) is 35.8. The predicted octanol–water partition coefficient (Wildman–Crippen LogP) is 0.0564. The molecule has 0 aliphatic rings. The van der Waals surface area contributed by atoms with Crippen molar-refractivity contribution < 1.29 is 23.9 Å². The highest BCUT2D eigenvalue weighted by Crippen LogP contribution is 2.18. The molecule has 0 aliphatic heterocycles. The summed E-state index contributed by atoms with van der Waals surface area (Å²) < 4.78 is 9.90. The van der Waals surface area contributed by atoms with Crippen LogP contribution < -0.4 is 10.1 Å². The van der Waals surface area contributed by atoms with Gasteiger partial charge in [0.2, 0.25) is 5.91 Å². The largest absolute Gasteiger partial charge is 0.483 e. The molecule has 0 aliphatic carbocycles. The lowest BCUT2D eigenvalue weighted by atomic mass is 10.2. The highest BCUT2D eigenvalue weighted by atomic mass is 16.5. The van der Waals surface area contributed by atoms with Gasteiger partial charge in [-0.25, -0.2) is 4.79 Å². The van der Waals surface area contributed by atoms with Crippen LogP contribution in [0.15, 0.2) is 24.3 Å². The fraction of sp³-hybridized carbons (Fsp3) is 0.357. The summed E-state index contributed by atoms with van der Waals surface area (Å²) in [6.45, 7) is -0.400. The second kappa shape index (κ2) is 7.88. The van der Waals surface area contributed by atoms with E-state index in [0.717, 1.165) is 0 Å². The Hall–Kier alpha value is -2.57. The number of carbonyl (C=O) groups excluding carboxylic acids is 3. The predicted molar refractivity (Wildman–Crippen MR) is 75.0 cm³/mol. The van der Waals surface area contributed by atoms with E-state index in [1.807, 2.05) is 0 Å². The molecule has 0 spiro atoms. The minimum atomic E-state index is -0.547. The van der Waals surface area contributed by atoms with Crippen LogP contribution in [0, 0.1) is 0 Å². The van der Waals surface area contributed by atoms with Gasteiger partial charge in [0.25, 0.3) is 5.91 Å². The van der Waals surface area contributed by atoms with Crippen LogP contribution in [-0.4, -0.2) is 57.0 Å². The zero-order valence-electron chi connectivity index (χ0n) is 12.2. The maximum Gasteiger partial charge on any atom is 0.341 e. The highest BCUT2D eigenvalue weighted by Gasteiger charge is 2.13. The molecule has 1 aromatic rings. The van der Waals surface area contributed by atoms with Crippen molar-refractivity contribution in [3.8, 4) is 5.75 Å². The molecule has 0 radical (unpaired) electrons. The zero-order chi connectivity index (χ0) is 15.8. The number of methoxy groups -OCH3 is 1. The van der Waals surface area contributed by atoms with E-state index in [1.54, 1.807) is 32.3 Å². The molecule has 114 valence electrons. The van der Waals surface area contributed by atoms with E-state index >= 15 is 0 Å². The van der Waals surface area contributed by atoms with E-state index in [4.69, 9.17) is 4.74 Å². The van der Waals surface area contributed by atoms with Crippen LogP contribution in [0.5, 0.6) is 5.75 Å². The minimum absolute atomic E-state index is 0.103. The van der Waals surface area contributed by atoms with Crippen molar-refractivity contribution in [3.05, 3.63) is 29.8 Å². The number of esters is 1. The SMILES string of the molecule is COC(=O)c1ccccc1OCC(=O)NCC(=O)N(C)C. The number of hydrogen-bond donors (Lipinski definition) is 1. The number of nitrogens with one attached hydrogen (secondary N) is 1. The third kappa shape index (κ3) is 5.13. The molecule has 0 bridgehead atoms. The average molecular weight is 294 g/mol. The standard InChI is InChI=1S/C14H18N2O5/c1-16(2)13(18)8-15-12(17)9-21-11-7-5-4-6-10(11)14(19)20-3/h4-7H,8-9H2,1-3H3,(H,15,17). The monoisotopic (exact) mass is 294 g/mol. The molecular weight excluding hydrogens is 276 g/mol. The van der Waals surface area contributed by atoms with Crippen LogP contribution in [0.25, 0.3) is 0 Å². The van der Waals surface area contributed by atoms with Crippen LogP contribution in [-0.2, 0) is 14.3 Å². The van der Waals surface area contributed by atoms with Gasteiger partial charge in [-0.05, 0) is 12.1 Å². The third-order valence-corrected chi connectivity index (χ3v) is 2.59. The van der Waals surface area contributed by atoms with Crippen molar-refractivity contribution in [3.63, 3.8) is 0 Å². The second-order valence-corrected chi connectivity index (χ2v) is 4.34. The van der Waals surface area contributed by atoms with E-state index in [0.29, 0.717) is 0 Å². The normalized spacial score (nSPS) is 9.67. The van der Waals surface area contributed by atoms with Crippen LogP contribution in [0.3, 0.4) is 0 Å². The Labute approximate surface area is 122 Å². The van der Waals surface area contributed by atoms with Gasteiger partial charge in [-0.2, -0.15) is 0 Å². The number of benzene rings is 1. The summed E-state index contributed by atoms with van der Waals surface area (Å²) in [6, 6.07) is 6.43. The topological polar surface area (TPSA) is 84.9 Å². The van der Waals surface area contributed by atoms with E-state index < -0.39 is 11.9 Å². The number of likely N-dealkylation sites (N-methyl/N-ethyl adjacent to an activating group) is 1. The second-order valence-electron chi connectivity index (χ2n) is 4.34. The molecule has 1 rings (SSSR count). The Morgan fingerprint density at radius 3 is 2.48 bits per heavy atom. The number of carbonyl (C=O) groups is 3. The molecule has 0 heterocycles. The average Bonchev–Trinajstić information content (AvgIpc) is 2.49. The minimum Gasteiger partial charge on any atom is -0.483 e. The van der Waals surface area contributed by atoms with Crippen molar-refractivity contribution in [1.82, 2.24) is 10.2 Å². The van der Waals surface area contributed by atoms with Gasteiger partial charge in [-0.3, -0.25) is 9.59 Å². The van der Waals surface area contributed by atoms with Gasteiger partial charge in [0.05, 0.1) is 13.7 Å². The number of rotatable bonds is 6. The van der Waals surface area contributed by atoms with Gasteiger partial charge in [0, 0.05) is 14.1 Å². The zero-order valence-corrected chi connectivity index (χ0v) is 12.2. The fourth-order valence-electron chi connectivity index (χ4n) is 1.40. The third-order valence-electron chi connectivity index (χ3n) is 2.59. The first-order chi connectivity index (χ1) is 9.95. The van der Waals surface area contributed by atoms with Gasteiger partial charge < -0.3 is 19.7 Å². The smallest absolute Gasteiger partial charge is 0.341 e. The van der Waals surface area contributed by atoms with E-state index in [9.17, 15) is 14.4 Å². The summed E-state index contributed by atoms with van der Waals surface area (Å²) in [6.07, 6.45) is 0. The summed E-state index contributed by atoms with van der Waals surface area (Å²) in [7, 11) is 4.45. The van der Waals surface area contributed by atoms with E-state index in [-0.39, 0.29) is 30.4 Å². The molecule has 0 saturated heterocycles. The lowest BCUT2D eigenvalue weighted by Gasteiger charge is -2.12. The number of ether oxygens (including phenoxy) is 2. The first-order valence-electron chi connectivity index (χ1n) is 6.22. The molecular formula is C14H18N2O5. The van der Waals surface area contributed by atoms with Crippen LogP contribution in [0.1, 0.15) is 10.4 Å². The Bertz CT molecular complexity index is 528. The quantitative estimate of drug-likeness (QED) is 0.750. The number of hydrogen-bond acceptors (Lipinski definition) is 5. The molecule has 0 unspecified atom stereocenters. The van der Waals surface area contributed by atoms with Crippen LogP contribution >= 0.6 is 0 Å². The van der Waals surface area contributed by atoms with Gasteiger partial charge in [0.15, 0.2) is 6.61 Å². The van der Waals surface area contributed by atoms with Gasteiger partial charge in [-0.15, -0.1) is 0 Å². The Morgan fingerprint density at radius 2 is 1.86 bits per heavy atom. The van der Waals surface area contributed by atoms with Crippen molar-refractivity contribution >= 4 is 17.8 Å². The molecule has 1 aromatic carbocycles. The molecule has 1 N–H and O–H groups in total. The van der Waals surface area contributed by atoms with Crippen molar-refractivity contribution in [1.29, 1.82) is 0 Å². The maximum absolute atomic E-state index is 11.6. The molecule has 0 aromatic heterocycles. The molecule has 21 heavy (non-hydrogen) atoms. The van der Waals surface area contributed by atoms with Crippen LogP contribution in [0.4, 0.5) is 0 Å². The maximum atomic E-state index is 11.6. The fourth-order valence-corrected chi connectivity index (χ4v) is 1.40. The first-order valence-corrected chi connectivity index (χ1v) is 6.22.